The van der Waals surface area contributed by atoms with Crippen molar-refractivity contribution in [1.29, 1.82) is 0 Å². The van der Waals surface area contributed by atoms with E-state index in [1.807, 2.05) is 6.07 Å². The molecule has 0 aromatic heterocycles. The number of hydrogen-bond donors (Lipinski definition) is 3. The SMILES string of the molecule is COC(CNC(=O)C(C)(N)c1ccccc1)C(=O)O. The van der Waals surface area contributed by atoms with Crippen LogP contribution in [0, 0.1) is 0 Å². The predicted molar refractivity (Wildman–Crippen MR) is 69.4 cm³/mol. The molecule has 1 aromatic carbocycles. The zero-order chi connectivity index (χ0) is 14.5. The topological polar surface area (TPSA) is 102 Å². The summed E-state index contributed by atoms with van der Waals surface area (Å²) in [4.78, 5) is 22.8. The van der Waals surface area contributed by atoms with Crippen molar-refractivity contribution in [3.8, 4) is 0 Å². The van der Waals surface area contributed by atoms with E-state index in [0.29, 0.717) is 5.56 Å². The number of amides is 1. The molecule has 4 N–H and O–H groups in total. The molecule has 0 aliphatic rings. The van der Waals surface area contributed by atoms with Gasteiger partial charge in [-0.2, -0.15) is 0 Å². The molecule has 0 saturated heterocycles. The van der Waals surface area contributed by atoms with Crippen LogP contribution >= 0.6 is 0 Å². The van der Waals surface area contributed by atoms with E-state index in [1.165, 1.54) is 7.11 Å². The first-order chi connectivity index (χ1) is 8.89. The van der Waals surface area contributed by atoms with Crippen molar-refractivity contribution in [3.05, 3.63) is 35.9 Å². The molecule has 0 aliphatic carbocycles. The molecule has 2 unspecified atom stereocenters. The Labute approximate surface area is 111 Å². The summed E-state index contributed by atoms with van der Waals surface area (Å²) in [7, 11) is 1.27. The Morgan fingerprint density at radius 2 is 2.00 bits per heavy atom. The maximum Gasteiger partial charge on any atom is 0.334 e. The smallest absolute Gasteiger partial charge is 0.334 e. The van der Waals surface area contributed by atoms with E-state index in [1.54, 1.807) is 31.2 Å². The highest BCUT2D eigenvalue weighted by Gasteiger charge is 2.31. The Morgan fingerprint density at radius 1 is 1.42 bits per heavy atom. The van der Waals surface area contributed by atoms with Crippen LogP contribution in [0.25, 0.3) is 0 Å². The Hall–Kier alpha value is -1.92. The third-order valence-corrected chi connectivity index (χ3v) is 2.85. The summed E-state index contributed by atoms with van der Waals surface area (Å²) < 4.78 is 4.73. The van der Waals surface area contributed by atoms with Gasteiger partial charge in [-0.3, -0.25) is 4.79 Å². The Bertz CT molecular complexity index is 445. The van der Waals surface area contributed by atoms with Crippen molar-refractivity contribution in [2.45, 2.75) is 18.6 Å². The van der Waals surface area contributed by atoms with E-state index in [-0.39, 0.29) is 6.54 Å². The highest BCUT2D eigenvalue weighted by molar-refractivity contribution is 5.87. The average Bonchev–Trinajstić information content (AvgIpc) is 2.39. The van der Waals surface area contributed by atoms with Gasteiger partial charge in [0.15, 0.2) is 6.10 Å². The third-order valence-electron chi connectivity index (χ3n) is 2.85. The fraction of sp³-hybridized carbons (Fsp3) is 0.385. The number of nitrogens with one attached hydrogen (secondary N) is 1. The van der Waals surface area contributed by atoms with Crippen LogP contribution in [0.3, 0.4) is 0 Å². The highest BCUT2D eigenvalue weighted by Crippen LogP contribution is 2.17. The van der Waals surface area contributed by atoms with E-state index in [4.69, 9.17) is 15.6 Å². The molecule has 1 aromatic rings. The number of benzene rings is 1. The summed E-state index contributed by atoms with van der Waals surface area (Å²) in [6.07, 6.45) is -1.09. The fourth-order valence-electron chi connectivity index (χ4n) is 1.56. The van der Waals surface area contributed by atoms with Gasteiger partial charge in [-0.15, -0.1) is 0 Å². The summed E-state index contributed by atoms with van der Waals surface area (Å²) in [6, 6.07) is 8.86. The summed E-state index contributed by atoms with van der Waals surface area (Å²) >= 11 is 0. The molecule has 0 spiro atoms. The monoisotopic (exact) mass is 266 g/mol. The van der Waals surface area contributed by atoms with Crippen molar-refractivity contribution in [2.24, 2.45) is 5.73 Å². The molecule has 2 atom stereocenters. The van der Waals surface area contributed by atoms with Crippen molar-refractivity contribution >= 4 is 11.9 Å². The van der Waals surface area contributed by atoms with Gasteiger partial charge in [0.05, 0.1) is 6.54 Å². The molecule has 0 aliphatic heterocycles. The second-order valence-corrected chi connectivity index (χ2v) is 4.34. The quantitative estimate of drug-likeness (QED) is 0.676. The van der Waals surface area contributed by atoms with Gasteiger partial charge in [-0.05, 0) is 12.5 Å². The largest absolute Gasteiger partial charge is 0.479 e. The van der Waals surface area contributed by atoms with Crippen LogP contribution in [0.2, 0.25) is 0 Å². The molecule has 6 nitrogen and oxygen atoms in total. The minimum absolute atomic E-state index is 0.135. The van der Waals surface area contributed by atoms with Crippen LogP contribution in [-0.2, 0) is 19.9 Å². The average molecular weight is 266 g/mol. The normalized spacial score (nSPS) is 15.3. The van der Waals surface area contributed by atoms with Gasteiger partial charge in [-0.25, -0.2) is 4.79 Å². The zero-order valence-corrected chi connectivity index (χ0v) is 10.9. The van der Waals surface area contributed by atoms with Gasteiger partial charge >= 0.3 is 5.97 Å². The molecule has 0 bridgehead atoms. The molecule has 104 valence electrons. The molecule has 0 fully saturated rings. The van der Waals surface area contributed by atoms with E-state index >= 15 is 0 Å². The van der Waals surface area contributed by atoms with Crippen LogP contribution in [0.4, 0.5) is 0 Å². The second kappa shape index (κ2) is 6.31. The highest BCUT2D eigenvalue weighted by atomic mass is 16.5. The summed E-state index contributed by atoms with van der Waals surface area (Å²) in [5.74, 6) is -1.59. The molecular weight excluding hydrogens is 248 g/mol. The Balaban J connectivity index is 2.70. The summed E-state index contributed by atoms with van der Waals surface area (Å²) in [5.41, 5.74) is 5.41. The number of methoxy groups -OCH3 is 1. The first-order valence-electron chi connectivity index (χ1n) is 5.78. The fourth-order valence-corrected chi connectivity index (χ4v) is 1.56. The molecule has 0 saturated carbocycles. The molecule has 6 heteroatoms. The number of carbonyl (C=O) groups excluding carboxylic acids is 1. The Morgan fingerprint density at radius 3 is 2.47 bits per heavy atom. The third kappa shape index (κ3) is 3.77. The van der Waals surface area contributed by atoms with Crippen molar-refractivity contribution in [1.82, 2.24) is 5.32 Å². The van der Waals surface area contributed by atoms with Gasteiger partial charge in [0.1, 0.15) is 5.54 Å². The number of carboxylic acid groups (broad SMARTS) is 1. The van der Waals surface area contributed by atoms with E-state index in [0.717, 1.165) is 0 Å². The zero-order valence-electron chi connectivity index (χ0n) is 10.9. The van der Waals surface area contributed by atoms with Crippen molar-refractivity contribution in [2.75, 3.05) is 13.7 Å². The first-order valence-corrected chi connectivity index (χ1v) is 5.78. The van der Waals surface area contributed by atoms with Crippen molar-refractivity contribution in [3.63, 3.8) is 0 Å². The molecule has 0 radical (unpaired) electrons. The Kier molecular flexibility index (Phi) is 5.02. The van der Waals surface area contributed by atoms with E-state index < -0.39 is 23.5 Å². The lowest BCUT2D eigenvalue weighted by atomic mass is 9.92. The lowest BCUT2D eigenvalue weighted by Crippen LogP contribution is -2.51. The van der Waals surface area contributed by atoms with Gasteiger partial charge in [0, 0.05) is 7.11 Å². The number of hydrogen-bond acceptors (Lipinski definition) is 4. The number of aliphatic carboxylic acids is 1. The van der Waals surface area contributed by atoms with Crippen LogP contribution < -0.4 is 11.1 Å². The number of carboxylic acids is 1. The molecule has 19 heavy (non-hydrogen) atoms. The van der Waals surface area contributed by atoms with Crippen LogP contribution in [0.5, 0.6) is 0 Å². The van der Waals surface area contributed by atoms with Crippen LogP contribution in [0.1, 0.15) is 12.5 Å². The maximum atomic E-state index is 12.0. The lowest BCUT2D eigenvalue weighted by molar-refractivity contribution is -0.148. The van der Waals surface area contributed by atoms with Gasteiger partial charge in [-0.1, -0.05) is 30.3 Å². The minimum Gasteiger partial charge on any atom is -0.479 e. The number of carbonyl (C=O) groups is 2. The second-order valence-electron chi connectivity index (χ2n) is 4.34. The van der Waals surface area contributed by atoms with E-state index in [2.05, 4.69) is 5.32 Å². The van der Waals surface area contributed by atoms with Crippen LogP contribution in [0.15, 0.2) is 30.3 Å². The van der Waals surface area contributed by atoms with E-state index in [9.17, 15) is 9.59 Å². The number of ether oxygens (including phenoxy) is 1. The summed E-state index contributed by atoms with van der Waals surface area (Å²) in [5, 5.41) is 11.3. The maximum absolute atomic E-state index is 12.0. The minimum atomic E-state index is -1.22. The van der Waals surface area contributed by atoms with Gasteiger partial charge < -0.3 is 20.9 Å². The molecular formula is C13H18N2O4. The number of rotatable bonds is 6. The molecule has 1 rings (SSSR count). The molecule has 0 heterocycles. The lowest BCUT2D eigenvalue weighted by Gasteiger charge is -2.24. The number of nitrogens with two attached hydrogens (primary N) is 1. The van der Waals surface area contributed by atoms with Gasteiger partial charge in [0.2, 0.25) is 5.91 Å². The molecule has 1 amide bonds. The standard InChI is InChI=1S/C13H18N2O4/c1-13(14,9-6-4-3-5-7-9)12(18)15-8-10(19-2)11(16)17/h3-7,10H,8,14H2,1-2H3,(H,15,18)(H,16,17). The first kappa shape index (κ1) is 15.1. The van der Waals surface area contributed by atoms with Gasteiger partial charge in [0.25, 0.3) is 0 Å². The van der Waals surface area contributed by atoms with Crippen LogP contribution in [-0.4, -0.2) is 36.7 Å². The van der Waals surface area contributed by atoms with Crippen molar-refractivity contribution < 1.29 is 19.4 Å². The summed E-state index contributed by atoms with van der Waals surface area (Å²) in [6.45, 7) is 1.44. The predicted octanol–water partition coefficient (Wildman–Crippen LogP) is 0.0763.